The molecule has 36 heavy (non-hydrogen) atoms. The summed E-state index contributed by atoms with van der Waals surface area (Å²) < 4.78 is 48.3. The number of halogens is 3. The number of H-pyrrole nitrogens is 1. The number of carbonyl (C=O) groups is 2. The predicted octanol–water partition coefficient (Wildman–Crippen LogP) is 3.77. The average Bonchev–Trinajstić information content (AvgIpc) is 3.39. The Hall–Kier alpha value is -3.82. The Morgan fingerprint density at radius 3 is 2.64 bits per heavy atom. The molecule has 0 atom stereocenters. The zero-order valence-electron chi connectivity index (χ0n) is 19.0. The number of hydrogen-bond donors (Lipinski definition) is 2. The number of nitrogens with one attached hydrogen (secondary N) is 2. The molecule has 2 aromatic carbocycles. The molecule has 0 fully saturated rings. The van der Waals surface area contributed by atoms with Crippen LogP contribution in [0.1, 0.15) is 32.9 Å². The Kier molecular flexibility index (Phi) is 5.97. The number of esters is 1. The van der Waals surface area contributed by atoms with E-state index in [1.165, 1.54) is 27.8 Å². The van der Waals surface area contributed by atoms with Gasteiger partial charge in [-0.2, -0.15) is 0 Å². The first-order valence-electron chi connectivity index (χ1n) is 10.8. The summed E-state index contributed by atoms with van der Waals surface area (Å²) in [5, 5.41) is 2.95. The number of anilines is 1. The van der Waals surface area contributed by atoms with Crippen molar-refractivity contribution in [2.24, 2.45) is 0 Å². The molecule has 184 valence electrons. The topological polar surface area (TPSA) is 93.2 Å². The number of hydrogen-bond acceptors (Lipinski definition) is 4. The van der Waals surface area contributed by atoms with Crippen LogP contribution in [0.3, 0.4) is 0 Å². The summed E-state index contributed by atoms with van der Waals surface area (Å²) in [6, 6.07) is 5.90. The van der Waals surface area contributed by atoms with Crippen LogP contribution >= 0.6 is 0 Å². The molecule has 5 rings (SSSR count). The fourth-order valence-corrected chi connectivity index (χ4v) is 6.29. The van der Waals surface area contributed by atoms with Crippen LogP contribution in [0.25, 0.3) is 21.3 Å². The van der Waals surface area contributed by atoms with Crippen molar-refractivity contribution in [2.45, 2.75) is 20.4 Å². The molecule has 2 aromatic heterocycles. The van der Waals surface area contributed by atoms with E-state index in [2.05, 4.69) is 10.3 Å². The van der Waals surface area contributed by atoms with Crippen LogP contribution in [0, 0.1) is 31.3 Å². The molecule has 2 N–H and O–H groups in total. The molecular weight excluding hydrogens is 542 g/mol. The van der Waals surface area contributed by atoms with Gasteiger partial charge in [0, 0.05) is 6.07 Å². The third-order valence-electron chi connectivity index (χ3n) is 5.95. The van der Waals surface area contributed by atoms with Gasteiger partial charge in [0.15, 0.2) is 11.6 Å². The zero-order chi connectivity index (χ0) is 25.7. The Morgan fingerprint density at radius 2 is 1.86 bits per heavy atom. The van der Waals surface area contributed by atoms with Crippen molar-refractivity contribution >= 4 is 53.6 Å². The first-order chi connectivity index (χ1) is 17.1. The molecule has 0 saturated heterocycles. The SMILES string of the molecule is Cc1[nH]c(/C=C2\C(=O)Nc3cc(F)c(F)cc32)c(C)c1C(=O)OCCn1[se]c2cc(F)ccc2c1=O. The van der Waals surface area contributed by atoms with Crippen LogP contribution in [-0.4, -0.2) is 41.8 Å². The molecule has 0 spiro atoms. The van der Waals surface area contributed by atoms with Crippen LogP contribution in [0.5, 0.6) is 0 Å². The van der Waals surface area contributed by atoms with Crippen molar-refractivity contribution in [1.82, 2.24) is 8.55 Å². The number of aromatic amines is 1. The molecule has 11 heteroatoms. The van der Waals surface area contributed by atoms with E-state index in [0.29, 0.717) is 26.6 Å². The molecule has 0 saturated carbocycles. The minimum absolute atomic E-state index is 0.0517. The number of aryl methyl sites for hydroxylation is 1. The van der Waals surface area contributed by atoms with Gasteiger partial charge in [-0.15, -0.1) is 0 Å². The average molecular weight is 560 g/mol. The van der Waals surface area contributed by atoms with Crippen molar-refractivity contribution in [1.29, 1.82) is 0 Å². The first kappa shape index (κ1) is 23.9. The van der Waals surface area contributed by atoms with E-state index in [1.807, 2.05) is 0 Å². The van der Waals surface area contributed by atoms with Crippen molar-refractivity contribution in [3.63, 3.8) is 0 Å². The fraction of sp³-hybridized carbons (Fsp3) is 0.160. The van der Waals surface area contributed by atoms with Crippen LogP contribution < -0.4 is 10.9 Å². The normalized spacial score (nSPS) is 13.9. The van der Waals surface area contributed by atoms with Crippen LogP contribution in [0.4, 0.5) is 18.9 Å². The monoisotopic (exact) mass is 561 g/mol. The van der Waals surface area contributed by atoms with E-state index in [9.17, 15) is 27.6 Å². The van der Waals surface area contributed by atoms with E-state index >= 15 is 0 Å². The summed E-state index contributed by atoms with van der Waals surface area (Å²) >= 11 is -0.402. The molecular formula is C25H18F3N3O4Se. The standard InChI is InChI=1S/C25H18F3N3O4Se/c1-11-19(9-16-15-8-17(27)18(28)10-20(15)30-23(16)32)29-12(2)22(11)25(34)35-6-5-31-24(33)14-4-3-13(26)7-21(14)36-31/h3-4,7-10,29H,5-6H2,1-2H3,(H,30,32)/b16-9-. The molecule has 1 aliphatic heterocycles. The maximum atomic E-state index is 13.8. The number of rotatable bonds is 5. The summed E-state index contributed by atoms with van der Waals surface area (Å²) in [4.78, 5) is 40.7. The van der Waals surface area contributed by atoms with Crippen molar-refractivity contribution in [3.8, 4) is 0 Å². The molecule has 1 aliphatic rings. The fourth-order valence-electron chi connectivity index (χ4n) is 4.18. The Balaban J connectivity index is 1.35. The zero-order valence-corrected chi connectivity index (χ0v) is 20.7. The number of benzene rings is 2. The molecule has 3 heterocycles. The number of amides is 1. The Bertz CT molecular complexity index is 1670. The van der Waals surface area contributed by atoms with Crippen LogP contribution in [-0.2, 0) is 16.1 Å². The molecule has 7 nitrogen and oxygen atoms in total. The van der Waals surface area contributed by atoms with Gasteiger partial charge in [-0.3, -0.25) is 0 Å². The van der Waals surface area contributed by atoms with E-state index < -0.39 is 44.1 Å². The number of carbonyl (C=O) groups excluding carboxylic acids is 2. The summed E-state index contributed by atoms with van der Waals surface area (Å²) in [6.45, 7) is 3.45. The van der Waals surface area contributed by atoms with Gasteiger partial charge >= 0.3 is 182 Å². The summed E-state index contributed by atoms with van der Waals surface area (Å²) in [5.41, 5.74) is 2.00. The number of ether oxygens (including phenoxy) is 1. The summed E-state index contributed by atoms with van der Waals surface area (Å²) in [5.74, 6) is -3.69. The van der Waals surface area contributed by atoms with Crippen molar-refractivity contribution < 1.29 is 27.5 Å². The van der Waals surface area contributed by atoms with Crippen molar-refractivity contribution in [2.75, 3.05) is 11.9 Å². The van der Waals surface area contributed by atoms with Gasteiger partial charge in [-0.05, 0) is 0 Å². The van der Waals surface area contributed by atoms with E-state index in [4.69, 9.17) is 4.74 Å². The number of nitrogens with zero attached hydrogens (tertiary/aromatic N) is 1. The Morgan fingerprint density at radius 1 is 1.11 bits per heavy atom. The second-order valence-electron chi connectivity index (χ2n) is 8.26. The van der Waals surface area contributed by atoms with Crippen LogP contribution in [0.2, 0.25) is 0 Å². The van der Waals surface area contributed by atoms with Gasteiger partial charge < -0.3 is 0 Å². The van der Waals surface area contributed by atoms with Gasteiger partial charge in [0.1, 0.15) is 0 Å². The second-order valence-corrected chi connectivity index (χ2v) is 10.5. The first-order valence-corrected chi connectivity index (χ1v) is 12.4. The van der Waals surface area contributed by atoms with Gasteiger partial charge in [-0.25, -0.2) is 8.78 Å². The molecule has 0 radical (unpaired) electrons. The second kappa shape index (κ2) is 9.00. The van der Waals surface area contributed by atoms with E-state index in [-0.39, 0.29) is 41.1 Å². The summed E-state index contributed by atoms with van der Waals surface area (Å²) in [7, 11) is 0. The molecule has 0 aliphatic carbocycles. The van der Waals surface area contributed by atoms with Crippen molar-refractivity contribution in [3.05, 3.63) is 86.2 Å². The molecule has 1 amide bonds. The third kappa shape index (κ3) is 4.10. The molecule has 0 unspecified atom stereocenters. The third-order valence-corrected chi connectivity index (χ3v) is 8.26. The van der Waals surface area contributed by atoms with E-state index in [0.717, 1.165) is 12.1 Å². The van der Waals surface area contributed by atoms with Crippen LogP contribution in [0.15, 0.2) is 35.1 Å². The van der Waals surface area contributed by atoms with Gasteiger partial charge in [-0.1, -0.05) is 0 Å². The predicted molar refractivity (Wildman–Crippen MR) is 129 cm³/mol. The van der Waals surface area contributed by atoms with E-state index in [1.54, 1.807) is 13.8 Å². The molecule has 4 aromatic rings. The molecule has 0 bridgehead atoms. The van der Waals surface area contributed by atoms with Gasteiger partial charge in [0.2, 0.25) is 0 Å². The maximum absolute atomic E-state index is 13.8. The summed E-state index contributed by atoms with van der Waals surface area (Å²) in [6.07, 6.45) is 1.47. The quantitative estimate of drug-likeness (QED) is 0.221. The Labute approximate surface area is 208 Å². The van der Waals surface area contributed by atoms with Gasteiger partial charge in [0.25, 0.3) is 0 Å². The van der Waals surface area contributed by atoms with Gasteiger partial charge in [0.05, 0.1) is 0 Å². The number of fused-ring (bicyclic) bond motifs is 2. The minimum atomic E-state index is -1.08. The number of aromatic nitrogens is 2.